The number of amides is 1. The molecule has 0 fully saturated rings. The van der Waals surface area contributed by atoms with Gasteiger partial charge in [-0.2, -0.15) is 0 Å². The summed E-state index contributed by atoms with van der Waals surface area (Å²) in [6, 6.07) is 7.43. The summed E-state index contributed by atoms with van der Waals surface area (Å²) in [6.07, 6.45) is 0.833. The van der Waals surface area contributed by atoms with Crippen LogP contribution in [0.5, 0.6) is 0 Å². The zero-order valence-electron chi connectivity index (χ0n) is 12.1. The van der Waals surface area contributed by atoms with E-state index < -0.39 is 18.1 Å². The first-order valence-corrected chi connectivity index (χ1v) is 6.79. The molecule has 1 amide bonds. The Labute approximate surface area is 119 Å². The summed E-state index contributed by atoms with van der Waals surface area (Å²) in [6.45, 7) is 5.56. The number of nitrogens with one attached hydrogen (secondary N) is 2. The number of carbonyl (C=O) groups is 2. The van der Waals surface area contributed by atoms with Crippen LogP contribution in [0.15, 0.2) is 30.3 Å². The molecule has 5 nitrogen and oxygen atoms in total. The number of benzene rings is 1. The van der Waals surface area contributed by atoms with Crippen molar-refractivity contribution < 1.29 is 14.7 Å². The third-order valence-corrected chi connectivity index (χ3v) is 3.19. The summed E-state index contributed by atoms with van der Waals surface area (Å²) >= 11 is 0. The minimum absolute atomic E-state index is 0.0757. The van der Waals surface area contributed by atoms with Crippen LogP contribution < -0.4 is 10.6 Å². The lowest BCUT2D eigenvalue weighted by atomic mass is 10.1. The molecule has 0 aliphatic carbocycles. The van der Waals surface area contributed by atoms with Gasteiger partial charge in [0.2, 0.25) is 5.91 Å². The number of rotatable bonds is 7. The van der Waals surface area contributed by atoms with Crippen LogP contribution in [0.4, 0.5) is 0 Å². The van der Waals surface area contributed by atoms with E-state index in [0.29, 0.717) is 5.56 Å². The molecule has 1 aromatic rings. The van der Waals surface area contributed by atoms with Gasteiger partial charge in [0, 0.05) is 6.04 Å². The van der Waals surface area contributed by atoms with Crippen molar-refractivity contribution >= 4 is 11.9 Å². The molecule has 0 spiro atoms. The van der Waals surface area contributed by atoms with Crippen molar-refractivity contribution in [2.75, 3.05) is 0 Å². The van der Waals surface area contributed by atoms with Crippen molar-refractivity contribution in [1.29, 1.82) is 0 Å². The van der Waals surface area contributed by atoms with Crippen LogP contribution in [-0.2, 0) is 9.59 Å². The molecule has 5 heteroatoms. The van der Waals surface area contributed by atoms with Gasteiger partial charge >= 0.3 is 5.97 Å². The lowest BCUT2D eigenvalue weighted by molar-refractivity contribution is -0.140. The van der Waals surface area contributed by atoms with Crippen LogP contribution in [0, 0.1) is 0 Å². The molecule has 3 unspecified atom stereocenters. The first kappa shape index (κ1) is 16.2. The van der Waals surface area contributed by atoms with E-state index in [9.17, 15) is 14.7 Å². The van der Waals surface area contributed by atoms with Crippen LogP contribution in [-0.4, -0.2) is 29.1 Å². The highest BCUT2D eigenvalue weighted by atomic mass is 16.4. The van der Waals surface area contributed by atoms with Gasteiger partial charge in [-0.3, -0.25) is 14.9 Å². The van der Waals surface area contributed by atoms with Crippen LogP contribution in [0.2, 0.25) is 0 Å². The third kappa shape index (κ3) is 4.66. The van der Waals surface area contributed by atoms with E-state index in [0.717, 1.165) is 6.42 Å². The number of hydrogen-bond donors (Lipinski definition) is 3. The van der Waals surface area contributed by atoms with Gasteiger partial charge in [-0.1, -0.05) is 37.3 Å². The van der Waals surface area contributed by atoms with E-state index in [-0.39, 0.29) is 11.9 Å². The van der Waals surface area contributed by atoms with Crippen LogP contribution in [0.25, 0.3) is 0 Å². The summed E-state index contributed by atoms with van der Waals surface area (Å²) in [4.78, 5) is 23.3. The van der Waals surface area contributed by atoms with Crippen molar-refractivity contribution in [1.82, 2.24) is 10.6 Å². The highest BCUT2D eigenvalue weighted by Crippen LogP contribution is 2.13. The predicted molar refractivity (Wildman–Crippen MR) is 77.3 cm³/mol. The molecule has 1 aromatic carbocycles. The van der Waals surface area contributed by atoms with Gasteiger partial charge in [0.05, 0.1) is 6.04 Å². The SMILES string of the molecule is CCC(C)NC(=O)C(C)NC(C(=O)O)c1ccccc1. The number of hydrogen-bond acceptors (Lipinski definition) is 3. The maximum atomic E-state index is 11.9. The Hall–Kier alpha value is -1.88. The minimum Gasteiger partial charge on any atom is -0.480 e. The molecule has 3 atom stereocenters. The van der Waals surface area contributed by atoms with E-state index in [1.165, 1.54) is 0 Å². The summed E-state index contributed by atoms with van der Waals surface area (Å²) in [5.74, 6) is -1.19. The summed E-state index contributed by atoms with van der Waals surface area (Å²) in [7, 11) is 0. The second-order valence-electron chi connectivity index (χ2n) is 4.89. The Kier molecular flexibility index (Phi) is 6.18. The molecule has 0 radical (unpaired) electrons. The second-order valence-corrected chi connectivity index (χ2v) is 4.89. The Balaban J connectivity index is 2.72. The standard InChI is InChI=1S/C15H22N2O3/c1-4-10(2)16-14(18)11(3)17-13(15(19)20)12-8-6-5-7-9-12/h5-11,13,17H,4H2,1-3H3,(H,16,18)(H,19,20). The average Bonchev–Trinajstić information content (AvgIpc) is 2.44. The highest BCUT2D eigenvalue weighted by Gasteiger charge is 2.24. The fraction of sp³-hybridized carbons (Fsp3) is 0.467. The van der Waals surface area contributed by atoms with E-state index in [1.807, 2.05) is 19.9 Å². The average molecular weight is 278 g/mol. The van der Waals surface area contributed by atoms with E-state index in [1.54, 1.807) is 31.2 Å². The maximum Gasteiger partial charge on any atom is 0.325 e. The van der Waals surface area contributed by atoms with Gasteiger partial charge in [-0.05, 0) is 25.8 Å². The molecular weight excluding hydrogens is 256 g/mol. The Morgan fingerprint density at radius 1 is 1.20 bits per heavy atom. The fourth-order valence-corrected chi connectivity index (χ4v) is 1.75. The minimum atomic E-state index is -1.00. The monoisotopic (exact) mass is 278 g/mol. The number of carbonyl (C=O) groups excluding carboxylic acids is 1. The van der Waals surface area contributed by atoms with Gasteiger partial charge in [-0.25, -0.2) is 0 Å². The van der Waals surface area contributed by atoms with Gasteiger partial charge < -0.3 is 10.4 Å². The van der Waals surface area contributed by atoms with E-state index >= 15 is 0 Å². The number of carboxylic acid groups (broad SMARTS) is 1. The van der Waals surface area contributed by atoms with Crippen molar-refractivity contribution in [3.63, 3.8) is 0 Å². The summed E-state index contributed by atoms with van der Waals surface area (Å²) < 4.78 is 0. The van der Waals surface area contributed by atoms with Crippen LogP contribution in [0.1, 0.15) is 38.8 Å². The number of aliphatic carboxylic acids is 1. The van der Waals surface area contributed by atoms with Gasteiger partial charge in [-0.15, -0.1) is 0 Å². The Morgan fingerprint density at radius 3 is 2.30 bits per heavy atom. The molecule has 20 heavy (non-hydrogen) atoms. The Morgan fingerprint density at radius 2 is 1.80 bits per heavy atom. The predicted octanol–water partition coefficient (Wildman–Crippen LogP) is 1.71. The molecule has 0 aliphatic heterocycles. The zero-order valence-corrected chi connectivity index (χ0v) is 12.1. The molecule has 1 rings (SSSR count). The molecule has 0 saturated heterocycles. The molecule has 0 aromatic heterocycles. The summed E-state index contributed by atoms with van der Waals surface area (Å²) in [5, 5.41) is 15.0. The second kappa shape index (κ2) is 7.65. The van der Waals surface area contributed by atoms with E-state index in [2.05, 4.69) is 10.6 Å². The molecule has 0 bridgehead atoms. The zero-order chi connectivity index (χ0) is 15.1. The molecule has 0 aliphatic rings. The van der Waals surface area contributed by atoms with Gasteiger partial charge in [0.1, 0.15) is 6.04 Å². The smallest absolute Gasteiger partial charge is 0.325 e. The highest BCUT2D eigenvalue weighted by molar-refractivity contribution is 5.83. The molecule has 110 valence electrons. The van der Waals surface area contributed by atoms with Crippen molar-refractivity contribution in [2.24, 2.45) is 0 Å². The first-order chi connectivity index (χ1) is 9.45. The molecular formula is C15H22N2O3. The number of carboxylic acids is 1. The van der Waals surface area contributed by atoms with Crippen LogP contribution >= 0.6 is 0 Å². The maximum absolute atomic E-state index is 11.9. The molecule has 3 N–H and O–H groups in total. The fourth-order valence-electron chi connectivity index (χ4n) is 1.75. The van der Waals surface area contributed by atoms with E-state index in [4.69, 9.17) is 0 Å². The lowest BCUT2D eigenvalue weighted by Gasteiger charge is -2.21. The topological polar surface area (TPSA) is 78.4 Å². The first-order valence-electron chi connectivity index (χ1n) is 6.79. The van der Waals surface area contributed by atoms with Crippen molar-refractivity contribution in [2.45, 2.75) is 45.3 Å². The van der Waals surface area contributed by atoms with Crippen molar-refractivity contribution in [3.8, 4) is 0 Å². The van der Waals surface area contributed by atoms with Gasteiger partial charge in [0.25, 0.3) is 0 Å². The van der Waals surface area contributed by atoms with Crippen molar-refractivity contribution in [3.05, 3.63) is 35.9 Å². The Bertz CT molecular complexity index is 448. The lowest BCUT2D eigenvalue weighted by Crippen LogP contribution is -2.47. The molecule has 0 saturated carbocycles. The summed E-state index contributed by atoms with van der Waals surface area (Å²) in [5.41, 5.74) is 0.628. The van der Waals surface area contributed by atoms with Crippen LogP contribution in [0.3, 0.4) is 0 Å². The normalized spacial score (nSPS) is 15.2. The molecule has 0 heterocycles. The third-order valence-electron chi connectivity index (χ3n) is 3.19. The van der Waals surface area contributed by atoms with Gasteiger partial charge in [0.15, 0.2) is 0 Å². The largest absolute Gasteiger partial charge is 0.480 e. The quantitative estimate of drug-likeness (QED) is 0.709.